The number of H-pyrrole nitrogens is 1. The van der Waals surface area contributed by atoms with Gasteiger partial charge in [0.15, 0.2) is 4.77 Å². The Bertz CT molecular complexity index is 1080. The monoisotopic (exact) mass is 368 g/mol. The summed E-state index contributed by atoms with van der Waals surface area (Å²) in [6.07, 6.45) is 1.63. The predicted octanol–water partition coefficient (Wildman–Crippen LogP) is 3.60. The highest BCUT2D eigenvalue weighted by molar-refractivity contribution is 7.71. The largest absolute Gasteiger partial charge is 0.332 e. The zero-order valence-corrected chi connectivity index (χ0v) is 15.6. The molecule has 0 fully saturated rings. The van der Waals surface area contributed by atoms with Crippen molar-refractivity contribution in [2.75, 3.05) is 5.32 Å². The molecule has 0 saturated heterocycles. The Morgan fingerprint density at radius 2 is 2.00 bits per heavy atom. The van der Waals surface area contributed by atoms with Crippen LogP contribution in [-0.4, -0.2) is 20.4 Å². The molecule has 0 aliphatic rings. The molecule has 0 unspecified atom stereocenters. The van der Waals surface area contributed by atoms with Gasteiger partial charge in [-0.15, -0.1) is 0 Å². The molecular formula is C19H20N4O2S. The quantitative estimate of drug-likeness (QED) is 0.690. The smallest absolute Gasteiger partial charge is 0.262 e. The molecule has 0 aliphatic heterocycles. The first kappa shape index (κ1) is 18.0. The van der Waals surface area contributed by atoms with Crippen molar-refractivity contribution in [3.05, 3.63) is 63.3 Å². The molecule has 0 radical (unpaired) electrons. The second-order valence-corrected chi connectivity index (χ2v) is 6.93. The lowest BCUT2D eigenvalue weighted by molar-refractivity contribution is -0.120. The van der Waals surface area contributed by atoms with E-state index in [0.717, 1.165) is 5.56 Å². The van der Waals surface area contributed by atoms with Crippen LogP contribution in [0.4, 0.5) is 5.82 Å². The molecule has 0 bridgehead atoms. The topological polar surface area (TPSA) is 79.8 Å². The van der Waals surface area contributed by atoms with Crippen LogP contribution in [0.5, 0.6) is 0 Å². The van der Waals surface area contributed by atoms with Crippen molar-refractivity contribution in [2.24, 2.45) is 5.92 Å². The molecule has 26 heavy (non-hydrogen) atoms. The van der Waals surface area contributed by atoms with Gasteiger partial charge in [0, 0.05) is 6.20 Å². The first-order valence-corrected chi connectivity index (χ1v) is 8.76. The Labute approximate surface area is 155 Å². The summed E-state index contributed by atoms with van der Waals surface area (Å²) in [4.78, 5) is 33.1. The van der Waals surface area contributed by atoms with Crippen molar-refractivity contribution in [1.82, 2.24) is 14.5 Å². The summed E-state index contributed by atoms with van der Waals surface area (Å²) in [6.45, 7) is 5.68. The van der Waals surface area contributed by atoms with E-state index < -0.39 is 6.04 Å². The lowest BCUT2D eigenvalue weighted by Crippen LogP contribution is -2.37. The molecule has 0 saturated carbocycles. The fraction of sp³-hybridized carbons (Fsp3) is 0.263. The fourth-order valence-electron chi connectivity index (χ4n) is 2.95. The molecule has 2 heterocycles. The second-order valence-electron chi connectivity index (χ2n) is 6.55. The van der Waals surface area contributed by atoms with Crippen LogP contribution in [0.15, 0.2) is 47.4 Å². The van der Waals surface area contributed by atoms with E-state index in [1.165, 1.54) is 4.57 Å². The van der Waals surface area contributed by atoms with Crippen molar-refractivity contribution in [2.45, 2.75) is 26.8 Å². The van der Waals surface area contributed by atoms with Crippen molar-refractivity contribution in [3.63, 3.8) is 0 Å². The number of carbonyl (C=O) groups is 1. The van der Waals surface area contributed by atoms with Gasteiger partial charge in [0.2, 0.25) is 5.91 Å². The van der Waals surface area contributed by atoms with Gasteiger partial charge < -0.3 is 10.3 Å². The summed E-state index contributed by atoms with van der Waals surface area (Å²) in [6, 6.07) is 9.99. The van der Waals surface area contributed by atoms with E-state index in [4.69, 9.17) is 12.2 Å². The van der Waals surface area contributed by atoms with Crippen LogP contribution < -0.4 is 10.9 Å². The molecule has 3 rings (SSSR count). The van der Waals surface area contributed by atoms with Crippen molar-refractivity contribution < 1.29 is 4.79 Å². The Morgan fingerprint density at radius 1 is 1.27 bits per heavy atom. The zero-order valence-electron chi connectivity index (χ0n) is 14.8. The predicted molar refractivity (Wildman–Crippen MR) is 105 cm³/mol. The Kier molecular flexibility index (Phi) is 4.99. The molecule has 1 aromatic carbocycles. The maximum absolute atomic E-state index is 13.0. The number of carbonyl (C=O) groups excluding carboxylic acids is 1. The molecule has 7 heteroatoms. The molecule has 134 valence electrons. The number of fused-ring (bicyclic) bond motifs is 1. The molecule has 2 aromatic heterocycles. The van der Waals surface area contributed by atoms with Crippen LogP contribution in [0.3, 0.4) is 0 Å². The summed E-state index contributed by atoms with van der Waals surface area (Å²) in [5.74, 6) is -0.0202. The van der Waals surface area contributed by atoms with Crippen molar-refractivity contribution in [3.8, 4) is 0 Å². The number of para-hydroxylation sites is 1. The van der Waals surface area contributed by atoms with E-state index in [1.807, 2.05) is 32.9 Å². The zero-order chi connectivity index (χ0) is 18.8. The van der Waals surface area contributed by atoms with E-state index in [-0.39, 0.29) is 22.2 Å². The molecule has 0 spiro atoms. The number of nitrogens with one attached hydrogen (secondary N) is 2. The molecule has 1 amide bonds. The van der Waals surface area contributed by atoms with Crippen molar-refractivity contribution >= 4 is 34.8 Å². The van der Waals surface area contributed by atoms with E-state index in [9.17, 15) is 9.59 Å². The Hall–Kier alpha value is -2.80. The van der Waals surface area contributed by atoms with Gasteiger partial charge in [-0.2, -0.15) is 0 Å². The summed E-state index contributed by atoms with van der Waals surface area (Å²) < 4.78 is 1.58. The van der Waals surface area contributed by atoms with Gasteiger partial charge in [-0.25, -0.2) is 4.98 Å². The van der Waals surface area contributed by atoms with Crippen LogP contribution in [-0.2, 0) is 4.79 Å². The average molecular weight is 368 g/mol. The maximum Gasteiger partial charge on any atom is 0.262 e. The summed E-state index contributed by atoms with van der Waals surface area (Å²) in [7, 11) is 0. The number of nitrogens with zero attached hydrogens (tertiary/aromatic N) is 2. The van der Waals surface area contributed by atoms with Gasteiger partial charge in [0.25, 0.3) is 5.56 Å². The van der Waals surface area contributed by atoms with Crippen molar-refractivity contribution in [1.29, 1.82) is 0 Å². The standard InChI is InChI=1S/C19H20N4O2S/c1-11(2)16(17(24)22-15-10-12(3)8-9-20-15)23-18(25)13-6-4-5-7-14(13)21-19(23)26/h4-11,16H,1-3H3,(H,21,26)(H,20,22,24)/t16-/m0/s1. The number of benzene rings is 1. The van der Waals surface area contributed by atoms with Gasteiger partial charge in [0.05, 0.1) is 10.9 Å². The average Bonchev–Trinajstić information content (AvgIpc) is 2.58. The summed E-state index contributed by atoms with van der Waals surface area (Å²) >= 11 is 5.38. The highest BCUT2D eigenvalue weighted by atomic mass is 32.1. The normalized spacial score (nSPS) is 12.3. The van der Waals surface area contributed by atoms with Gasteiger partial charge in [-0.3, -0.25) is 14.2 Å². The second kappa shape index (κ2) is 7.21. The molecule has 6 nitrogen and oxygen atoms in total. The van der Waals surface area contributed by atoms with Crippen LogP contribution in [0.1, 0.15) is 25.5 Å². The van der Waals surface area contributed by atoms with Crippen LogP contribution in [0.2, 0.25) is 0 Å². The van der Waals surface area contributed by atoms with Gasteiger partial charge in [-0.05, 0) is 54.9 Å². The minimum atomic E-state index is -0.752. The Morgan fingerprint density at radius 3 is 2.69 bits per heavy atom. The SMILES string of the molecule is Cc1ccnc(NC(=O)[C@H](C(C)C)n2c(=S)[nH]c3ccccc3c2=O)c1. The lowest BCUT2D eigenvalue weighted by atomic mass is 10.0. The lowest BCUT2D eigenvalue weighted by Gasteiger charge is -2.23. The number of pyridine rings is 1. The van der Waals surface area contributed by atoms with E-state index in [1.54, 1.807) is 30.5 Å². The molecule has 3 aromatic rings. The summed E-state index contributed by atoms with van der Waals surface area (Å²) in [5, 5.41) is 3.29. The van der Waals surface area contributed by atoms with Gasteiger partial charge in [-0.1, -0.05) is 26.0 Å². The van der Waals surface area contributed by atoms with Gasteiger partial charge in [0.1, 0.15) is 11.9 Å². The number of anilines is 1. The maximum atomic E-state index is 13.0. The number of aromatic nitrogens is 3. The number of aryl methyl sites for hydroxylation is 1. The highest BCUT2D eigenvalue weighted by Crippen LogP contribution is 2.20. The third-order valence-corrected chi connectivity index (χ3v) is 4.48. The van der Waals surface area contributed by atoms with Crippen LogP contribution >= 0.6 is 12.2 Å². The summed E-state index contributed by atoms with van der Waals surface area (Å²) in [5.41, 5.74) is 1.36. The first-order chi connectivity index (χ1) is 12.4. The van der Waals surface area contributed by atoms with E-state index in [2.05, 4.69) is 15.3 Å². The van der Waals surface area contributed by atoms with E-state index in [0.29, 0.717) is 16.7 Å². The van der Waals surface area contributed by atoms with Crippen LogP contribution in [0, 0.1) is 17.6 Å². The van der Waals surface area contributed by atoms with E-state index >= 15 is 0 Å². The fourth-order valence-corrected chi connectivity index (χ4v) is 3.26. The third kappa shape index (κ3) is 3.43. The number of rotatable bonds is 4. The minimum Gasteiger partial charge on any atom is -0.332 e. The molecule has 0 aliphatic carbocycles. The Balaban J connectivity index is 2.08. The number of hydrogen-bond acceptors (Lipinski definition) is 4. The third-order valence-electron chi connectivity index (χ3n) is 4.18. The minimum absolute atomic E-state index is 0.145. The molecule has 1 atom stereocenters. The van der Waals surface area contributed by atoms with Gasteiger partial charge >= 0.3 is 0 Å². The highest BCUT2D eigenvalue weighted by Gasteiger charge is 2.27. The number of amides is 1. The number of hydrogen-bond donors (Lipinski definition) is 2. The number of aromatic amines is 1. The molecular weight excluding hydrogens is 348 g/mol. The first-order valence-electron chi connectivity index (χ1n) is 8.35. The van der Waals surface area contributed by atoms with Crippen LogP contribution in [0.25, 0.3) is 10.9 Å². The molecule has 2 N–H and O–H groups in total.